The average molecular weight is 261 g/mol. The quantitative estimate of drug-likeness (QED) is 0.914. The van der Waals surface area contributed by atoms with Gasteiger partial charge in [0.15, 0.2) is 0 Å². The molecule has 3 rings (SSSR count). The predicted molar refractivity (Wildman–Crippen MR) is 71.1 cm³/mol. The fourth-order valence-corrected chi connectivity index (χ4v) is 3.12. The van der Waals surface area contributed by atoms with Crippen LogP contribution in [0.3, 0.4) is 0 Å². The van der Waals surface area contributed by atoms with Crippen molar-refractivity contribution in [1.82, 2.24) is 10.2 Å². The van der Waals surface area contributed by atoms with Crippen molar-refractivity contribution in [2.24, 2.45) is 5.73 Å². The van der Waals surface area contributed by atoms with Gasteiger partial charge >= 0.3 is 0 Å². The minimum absolute atomic E-state index is 0.241. The number of aryl methyl sites for hydroxylation is 1. The van der Waals surface area contributed by atoms with E-state index in [1.54, 1.807) is 11.3 Å². The Bertz CT molecular complexity index is 541. The smallest absolute Gasteiger partial charge is 0.128 e. The van der Waals surface area contributed by atoms with Crippen LogP contribution in [-0.2, 0) is 6.42 Å². The van der Waals surface area contributed by atoms with Gasteiger partial charge in [0.25, 0.3) is 0 Å². The van der Waals surface area contributed by atoms with Crippen molar-refractivity contribution in [3.05, 3.63) is 39.8 Å². The molecule has 1 atom stereocenters. The molecule has 1 unspecified atom stereocenters. The van der Waals surface area contributed by atoms with Gasteiger partial charge in [-0.2, -0.15) is 0 Å². The molecule has 0 saturated heterocycles. The summed E-state index contributed by atoms with van der Waals surface area (Å²) in [4.78, 5) is 0. The summed E-state index contributed by atoms with van der Waals surface area (Å²) < 4.78 is 5.67. The maximum atomic E-state index is 5.67. The summed E-state index contributed by atoms with van der Waals surface area (Å²) in [5.74, 6) is 1.21. The molecule has 1 aliphatic rings. The summed E-state index contributed by atoms with van der Waals surface area (Å²) in [5.41, 5.74) is 6.73. The van der Waals surface area contributed by atoms with Crippen LogP contribution in [0, 0.1) is 0 Å². The van der Waals surface area contributed by atoms with Crippen LogP contribution in [0.4, 0.5) is 0 Å². The van der Waals surface area contributed by atoms with E-state index in [2.05, 4.69) is 16.3 Å². The van der Waals surface area contributed by atoms with Crippen molar-refractivity contribution in [2.75, 3.05) is 13.2 Å². The first kappa shape index (κ1) is 11.6. The standard InChI is InChI=1S/C13H15N3OS/c14-7-3-6-12-15-16-13(18-12)10-8-17-11-5-2-1-4-9(10)11/h1-2,4-5,10H,3,6-8,14H2. The average Bonchev–Trinajstić information content (AvgIpc) is 3.02. The normalized spacial score (nSPS) is 17.5. The van der Waals surface area contributed by atoms with Gasteiger partial charge in [0.2, 0.25) is 0 Å². The zero-order chi connectivity index (χ0) is 12.4. The van der Waals surface area contributed by atoms with Gasteiger partial charge in [0.05, 0.1) is 5.92 Å². The number of benzene rings is 1. The van der Waals surface area contributed by atoms with E-state index in [1.165, 1.54) is 5.56 Å². The number of nitrogens with two attached hydrogens (primary N) is 1. The molecule has 1 aromatic heterocycles. The van der Waals surface area contributed by atoms with Gasteiger partial charge in [-0.05, 0) is 19.0 Å². The molecule has 0 spiro atoms. The third kappa shape index (κ3) is 2.11. The molecule has 0 saturated carbocycles. The van der Waals surface area contributed by atoms with Crippen LogP contribution in [0.2, 0.25) is 0 Å². The lowest BCUT2D eigenvalue weighted by molar-refractivity contribution is 0.342. The second-order valence-electron chi connectivity index (χ2n) is 4.33. The Hall–Kier alpha value is -1.46. The molecule has 0 bridgehead atoms. The molecule has 2 aromatic rings. The number of para-hydroxylation sites is 1. The summed E-state index contributed by atoms with van der Waals surface area (Å²) in [6.07, 6.45) is 1.88. The monoisotopic (exact) mass is 261 g/mol. The first-order valence-corrected chi connectivity index (χ1v) is 6.94. The molecule has 18 heavy (non-hydrogen) atoms. The second kappa shape index (κ2) is 5.04. The van der Waals surface area contributed by atoms with E-state index < -0.39 is 0 Å². The Labute approximate surface area is 110 Å². The van der Waals surface area contributed by atoms with Crippen LogP contribution in [0.15, 0.2) is 24.3 Å². The van der Waals surface area contributed by atoms with Gasteiger partial charge < -0.3 is 10.5 Å². The maximum Gasteiger partial charge on any atom is 0.128 e. The molecule has 94 valence electrons. The van der Waals surface area contributed by atoms with Gasteiger partial charge in [-0.1, -0.05) is 18.2 Å². The van der Waals surface area contributed by atoms with Gasteiger partial charge in [0, 0.05) is 12.0 Å². The van der Waals surface area contributed by atoms with Gasteiger partial charge in [-0.3, -0.25) is 0 Å². The molecular formula is C13H15N3OS. The highest BCUT2D eigenvalue weighted by Gasteiger charge is 2.28. The Morgan fingerprint density at radius 3 is 3.11 bits per heavy atom. The largest absolute Gasteiger partial charge is 0.492 e. The highest BCUT2D eigenvalue weighted by molar-refractivity contribution is 7.11. The lowest BCUT2D eigenvalue weighted by Crippen LogP contribution is -2.01. The molecular weight excluding hydrogens is 246 g/mol. The first-order chi connectivity index (χ1) is 8.88. The molecule has 0 radical (unpaired) electrons. The van der Waals surface area contributed by atoms with Crippen molar-refractivity contribution >= 4 is 11.3 Å². The Morgan fingerprint density at radius 1 is 1.33 bits per heavy atom. The number of aromatic nitrogens is 2. The van der Waals surface area contributed by atoms with Crippen LogP contribution in [0.1, 0.15) is 27.9 Å². The number of hydrogen-bond acceptors (Lipinski definition) is 5. The minimum Gasteiger partial charge on any atom is -0.492 e. The van der Waals surface area contributed by atoms with E-state index in [-0.39, 0.29) is 5.92 Å². The summed E-state index contributed by atoms with van der Waals surface area (Å²) in [5, 5.41) is 10.6. The van der Waals surface area contributed by atoms with E-state index >= 15 is 0 Å². The molecule has 0 amide bonds. The van der Waals surface area contributed by atoms with Crippen molar-refractivity contribution in [1.29, 1.82) is 0 Å². The van der Waals surface area contributed by atoms with Crippen LogP contribution in [0.5, 0.6) is 5.75 Å². The molecule has 0 aliphatic carbocycles. The lowest BCUT2D eigenvalue weighted by atomic mass is 10.0. The number of hydrogen-bond donors (Lipinski definition) is 1. The summed E-state index contributed by atoms with van der Waals surface area (Å²) >= 11 is 1.68. The SMILES string of the molecule is NCCCc1nnc(C2COc3ccccc32)s1. The molecule has 5 heteroatoms. The van der Waals surface area contributed by atoms with Crippen LogP contribution < -0.4 is 10.5 Å². The van der Waals surface area contributed by atoms with Gasteiger partial charge in [-0.25, -0.2) is 0 Å². The Kier molecular flexibility index (Phi) is 3.25. The van der Waals surface area contributed by atoms with Crippen LogP contribution in [-0.4, -0.2) is 23.3 Å². The first-order valence-electron chi connectivity index (χ1n) is 6.12. The van der Waals surface area contributed by atoms with Crippen molar-refractivity contribution in [3.8, 4) is 5.75 Å². The highest BCUT2D eigenvalue weighted by atomic mass is 32.1. The highest BCUT2D eigenvalue weighted by Crippen LogP contribution is 2.38. The van der Waals surface area contributed by atoms with E-state index in [0.29, 0.717) is 13.2 Å². The zero-order valence-corrected chi connectivity index (χ0v) is 10.8. The van der Waals surface area contributed by atoms with E-state index in [9.17, 15) is 0 Å². The lowest BCUT2D eigenvalue weighted by Gasteiger charge is -2.02. The van der Waals surface area contributed by atoms with Crippen molar-refractivity contribution < 1.29 is 4.74 Å². The third-order valence-corrected chi connectivity index (χ3v) is 4.17. The minimum atomic E-state index is 0.241. The molecule has 1 aromatic carbocycles. The van der Waals surface area contributed by atoms with E-state index in [4.69, 9.17) is 10.5 Å². The summed E-state index contributed by atoms with van der Waals surface area (Å²) in [7, 11) is 0. The van der Waals surface area contributed by atoms with Crippen LogP contribution in [0.25, 0.3) is 0 Å². The molecule has 4 nitrogen and oxygen atoms in total. The van der Waals surface area contributed by atoms with Gasteiger partial charge in [-0.15, -0.1) is 21.5 Å². The number of nitrogens with zero attached hydrogens (tertiary/aromatic N) is 2. The number of rotatable bonds is 4. The van der Waals surface area contributed by atoms with Gasteiger partial charge in [0.1, 0.15) is 22.4 Å². The van der Waals surface area contributed by atoms with Crippen molar-refractivity contribution in [2.45, 2.75) is 18.8 Å². The van der Waals surface area contributed by atoms with Crippen molar-refractivity contribution in [3.63, 3.8) is 0 Å². The van der Waals surface area contributed by atoms with E-state index in [1.807, 2.05) is 18.2 Å². The molecule has 1 aliphatic heterocycles. The molecule has 2 N–H and O–H groups in total. The summed E-state index contributed by atoms with van der Waals surface area (Å²) in [6, 6.07) is 8.14. The maximum absolute atomic E-state index is 5.67. The fourth-order valence-electron chi connectivity index (χ4n) is 2.13. The third-order valence-electron chi connectivity index (χ3n) is 3.08. The number of ether oxygens (including phenoxy) is 1. The van der Waals surface area contributed by atoms with Crippen LogP contribution >= 0.6 is 11.3 Å². The Morgan fingerprint density at radius 2 is 2.22 bits per heavy atom. The Balaban J connectivity index is 1.82. The molecule has 2 heterocycles. The predicted octanol–water partition coefficient (Wildman–Crippen LogP) is 1.95. The molecule has 0 fully saturated rings. The topological polar surface area (TPSA) is 61.0 Å². The zero-order valence-electron chi connectivity index (χ0n) is 10.0. The van der Waals surface area contributed by atoms with E-state index in [0.717, 1.165) is 28.6 Å². The second-order valence-corrected chi connectivity index (χ2v) is 5.42. The number of fused-ring (bicyclic) bond motifs is 1. The summed E-state index contributed by atoms with van der Waals surface area (Å²) in [6.45, 7) is 1.37. The fraction of sp³-hybridized carbons (Fsp3) is 0.385.